The number of aryl methyl sites for hydroxylation is 3. The predicted molar refractivity (Wildman–Crippen MR) is 80.4 cm³/mol. The summed E-state index contributed by atoms with van der Waals surface area (Å²) in [5, 5.41) is 3.56. The Morgan fingerprint density at radius 2 is 1.84 bits per heavy atom. The first-order valence-corrected chi connectivity index (χ1v) is 6.84. The number of hydrogen-bond donors (Lipinski definition) is 1. The first-order chi connectivity index (χ1) is 9.13. The van der Waals surface area contributed by atoms with E-state index in [1.165, 1.54) is 27.8 Å². The van der Waals surface area contributed by atoms with E-state index in [4.69, 9.17) is 0 Å². The Kier molecular flexibility index (Phi) is 4.33. The van der Waals surface area contributed by atoms with Crippen LogP contribution in [0.1, 0.15) is 40.8 Å². The quantitative estimate of drug-likeness (QED) is 0.899. The van der Waals surface area contributed by atoms with E-state index in [9.17, 15) is 0 Å². The second-order valence-electron chi connectivity index (χ2n) is 5.07. The standard InChI is InChI=1S/C17H22N2/c1-5-19-17(16-11-18-9-8-13(16)3)15-7-6-12(2)14(4)10-15/h6-11,17,19H,5H2,1-4H3. The van der Waals surface area contributed by atoms with Crippen LogP contribution in [0.25, 0.3) is 0 Å². The molecular weight excluding hydrogens is 232 g/mol. The molecule has 19 heavy (non-hydrogen) atoms. The zero-order valence-electron chi connectivity index (χ0n) is 12.2. The van der Waals surface area contributed by atoms with E-state index in [1.54, 1.807) is 0 Å². The minimum Gasteiger partial charge on any atom is -0.306 e. The molecule has 0 bridgehead atoms. The molecule has 2 rings (SSSR count). The van der Waals surface area contributed by atoms with Gasteiger partial charge in [-0.1, -0.05) is 25.1 Å². The van der Waals surface area contributed by atoms with Crippen molar-refractivity contribution in [1.82, 2.24) is 10.3 Å². The molecule has 0 fully saturated rings. The molecule has 2 aromatic rings. The van der Waals surface area contributed by atoms with Gasteiger partial charge in [0.05, 0.1) is 6.04 Å². The first-order valence-electron chi connectivity index (χ1n) is 6.84. The van der Waals surface area contributed by atoms with Crippen LogP contribution >= 0.6 is 0 Å². The SMILES string of the molecule is CCNC(c1ccc(C)c(C)c1)c1cnccc1C. The second-order valence-corrected chi connectivity index (χ2v) is 5.07. The van der Waals surface area contributed by atoms with E-state index in [2.05, 4.69) is 62.3 Å². The number of nitrogens with one attached hydrogen (secondary N) is 1. The third-order valence-corrected chi connectivity index (χ3v) is 3.66. The summed E-state index contributed by atoms with van der Waals surface area (Å²) in [4.78, 5) is 4.27. The Hall–Kier alpha value is -1.67. The molecule has 1 aromatic heterocycles. The Balaban J connectivity index is 2.45. The van der Waals surface area contributed by atoms with Crippen molar-refractivity contribution < 1.29 is 0 Å². The summed E-state index contributed by atoms with van der Waals surface area (Å²) >= 11 is 0. The fraction of sp³-hybridized carbons (Fsp3) is 0.353. The van der Waals surface area contributed by atoms with E-state index >= 15 is 0 Å². The lowest BCUT2D eigenvalue weighted by atomic mass is 9.94. The highest BCUT2D eigenvalue weighted by atomic mass is 14.9. The van der Waals surface area contributed by atoms with Crippen molar-refractivity contribution in [3.63, 3.8) is 0 Å². The molecule has 0 radical (unpaired) electrons. The number of benzene rings is 1. The normalized spacial score (nSPS) is 12.4. The molecule has 0 amide bonds. The maximum Gasteiger partial charge on any atom is 0.0594 e. The van der Waals surface area contributed by atoms with Crippen LogP contribution in [0.2, 0.25) is 0 Å². The third-order valence-electron chi connectivity index (χ3n) is 3.66. The van der Waals surface area contributed by atoms with E-state index in [-0.39, 0.29) is 6.04 Å². The highest BCUT2D eigenvalue weighted by Crippen LogP contribution is 2.25. The highest BCUT2D eigenvalue weighted by molar-refractivity contribution is 5.38. The van der Waals surface area contributed by atoms with Crippen LogP contribution in [0.15, 0.2) is 36.7 Å². The Bertz CT molecular complexity index is 561. The van der Waals surface area contributed by atoms with Crippen molar-refractivity contribution in [2.45, 2.75) is 33.7 Å². The minimum absolute atomic E-state index is 0.220. The number of pyridine rings is 1. The molecule has 2 heteroatoms. The molecule has 0 aliphatic rings. The van der Waals surface area contributed by atoms with Crippen molar-refractivity contribution in [2.24, 2.45) is 0 Å². The minimum atomic E-state index is 0.220. The molecule has 0 aliphatic heterocycles. The topological polar surface area (TPSA) is 24.9 Å². The molecule has 0 spiro atoms. The summed E-state index contributed by atoms with van der Waals surface area (Å²) in [6.07, 6.45) is 3.82. The summed E-state index contributed by atoms with van der Waals surface area (Å²) in [6.45, 7) is 9.53. The molecule has 1 aromatic carbocycles. The van der Waals surface area contributed by atoms with E-state index in [0.29, 0.717) is 0 Å². The van der Waals surface area contributed by atoms with Crippen LogP contribution in [0.4, 0.5) is 0 Å². The number of aromatic nitrogens is 1. The van der Waals surface area contributed by atoms with Gasteiger partial charge in [0.25, 0.3) is 0 Å². The smallest absolute Gasteiger partial charge is 0.0594 e. The van der Waals surface area contributed by atoms with Crippen LogP contribution in [0.5, 0.6) is 0 Å². The third kappa shape index (κ3) is 3.02. The lowest BCUT2D eigenvalue weighted by Crippen LogP contribution is -2.23. The monoisotopic (exact) mass is 254 g/mol. The summed E-state index contributed by atoms with van der Waals surface area (Å²) in [5.74, 6) is 0. The fourth-order valence-corrected chi connectivity index (χ4v) is 2.33. The van der Waals surface area contributed by atoms with Gasteiger partial charge >= 0.3 is 0 Å². The lowest BCUT2D eigenvalue weighted by molar-refractivity contribution is 0.625. The van der Waals surface area contributed by atoms with Crippen molar-refractivity contribution in [3.8, 4) is 0 Å². The fourth-order valence-electron chi connectivity index (χ4n) is 2.33. The molecule has 1 heterocycles. The Labute approximate surface area is 115 Å². The van der Waals surface area contributed by atoms with Gasteiger partial charge in [-0.2, -0.15) is 0 Å². The summed E-state index contributed by atoms with van der Waals surface area (Å²) < 4.78 is 0. The highest BCUT2D eigenvalue weighted by Gasteiger charge is 2.15. The zero-order valence-corrected chi connectivity index (χ0v) is 12.2. The summed E-state index contributed by atoms with van der Waals surface area (Å²) in [7, 11) is 0. The van der Waals surface area contributed by atoms with Crippen LogP contribution < -0.4 is 5.32 Å². The van der Waals surface area contributed by atoms with Gasteiger partial charge in [-0.25, -0.2) is 0 Å². The molecular formula is C17H22N2. The molecule has 0 aliphatic carbocycles. The maximum absolute atomic E-state index is 4.27. The maximum atomic E-state index is 4.27. The van der Waals surface area contributed by atoms with Crippen LogP contribution in [0.3, 0.4) is 0 Å². The van der Waals surface area contributed by atoms with Gasteiger partial charge in [-0.15, -0.1) is 0 Å². The van der Waals surface area contributed by atoms with Gasteiger partial charge in [0.2, 0.25) is 0 Å². The van der Waals surface area contributed by atoms with Gasteiger partial charge in [0, 0.05) is 12.4 Å². The van der Waals surface area contributed by atoms with Gasteiger partial charge in [-0.05, 0) is 61.2 Å². The van der Waals surface area contributed by atoms with Crippen molar-refractivity contribution in [3.05, 3.63) is 64.5 Å². The van der Waals surface area contributed by atoms with E-state index < -0.39 is 0 Å². The molecule has 0 saturated carbocycles. The molecule has 1 atom stereocenters. The summed E-state index contributed by atoms with van der Waals surface area (Å²) in [5.41, 5.74) is 6.51. The van der Waals surface area contributed by atoms with E-state index in [0.717, 1.165) is 6.54 Å². The van der Waals surface area contributed by atoms with Crippen molar-refractivity contribution >= 4 is 0 Å². The number of rotatable bonds is 4. The number of nitrogens with zero attached hydrogens (tertiary/aromatic N) is 1. The lowest BCUT2D eigenvalue weighted by Gasteiger charge is -2.21. The van der Waals surface area contributed by atoms with Crippen LogP contribution in [-0.2, 0) is 0 Å². The molecule has 100 valence electrons. The molecule has 1 unspecified atom stereocenters. The van der Waals surface area contributed by atoms with Gasteiger partial charge in [0.1, 0.15) is 0 Å². The second kappa shape index (κ2) is 5.98. The summed E-state index contributed by atoms with van der Waals surface area (Å²) in [6, 6.07) is 8.97. The predicted octanol–water partition coefficient (Wildman–Crippen LogP) is 3.71. The van der Waals surface area contributed by atoms with Crippen molar-refractivity contribution in [1.29, 1.82) is 0 Å². The largest absolute Gasteiger partial charge is 0.306 e. The number of hydrogen-bond acceptors (Lipinski definition) is 2. The Morgan fingerprint density at radius 3 is 2.47 bits per heavy atom. The van der Waals surface area contributed by atoms with Crippen LogP contribution in [0, 0.1) is 20.8 Å². The van der Waals surface area contributed by atoms with Gasteiger partial charge < -0.3 is 5.32 Å². The van der Waals surface area contributed by atoms with Crippen molar-refractivity contribution in [2.75, 3.05) is 6.54 Å². The zero-order chi connectivity index (χ0) is 13.8. The van der Waals surface area contributed by atoms with Gasteiger partial charge in [-0.3, -0.25) is 4.98 Å². The molecule has 0 saturated heterocycles. The molecule has 1 N–H and O–H groups in total. The average molecular weight is 254 g/mol. The van der Waals surface area contributed by atoms with Crippen LogP contribution in [-0.4, -0.2) is 11.5 Å². The first kappa shape index (κ1) is 13.8. The van der Waals surface area contributed by atoms with E-state index in [1.807, 2.05) is 12.4 Å². The van der Waals surface area contributed by atoms with Gasteiger partial charge in [0.15, 0.2) is 0 Å². The molecule has 2 nitrogen and oxygen atoms in total. The average Bonchev–Trinajstić information content (AvgIpc) is 2.40. The Morgan fingerprint density at radius 1 is 1.05 bits per heavy atom.